The molecule has 1 amide bonds. The second-order valence-corrected chi connectivity index (χ2v) is 6.01. The summed E-state index contributed by atoms with van der Waals surface area (Å²) < 4.78 is 6.56. The van der Waals surface area contributed by atoms with Gasteiger partial charge in [0.1, 0.15) is 5.75 Å². The summed E-state index contributed by atoms with van der Waals surface area (Å²) in [7, 11) is 0. The van der Waals surface area contributed by atoms with Gasteiger partial charge in [-0.1, -0.05) is 28.1 Å². The Hall–Kier alpha value is -2.14. The van der Waals surface area contributed by atoms with Crippen molar-refractivity contribution in [2.75, 3.05) is 11.9 Å². The third-order valence-electron chi connectivity index (χ3n) is 3.18. The number of hydrogen-bond acceptors (Lipinski definition) is 3. The SMILES string of the molecule is CC(=O)c1cccc(NC(=O)CCCOc2ccc(Br)cc2)c1. The van der Waals surface area contributed by atoms with Crippen LogP contribution in [0.5, 0.6) is 5.75 Å². The molecule has 2 rings (SSSR count). The molecular weight excluding hydrogens is 358 g/mol. The van der Waals surface area contributed by atoms with Crippen LogP contribution >= 0.6 is 15.9 Å². The summed E-state index contributed by atoms with van der Waals surface area (Å²) in [6.07, 6.45) is 0.981. The molecule has 0 aliphatic heterocycles. The van der Waals surface area contributed by atoms with Gasteiger partial charge < -0.3 is 10.1 Å². The van der Waals surface area contributed by atoms with Crippen molar-refractivity contribution in [3.63, 3.8) is 0 Å². The minimum absolute atomic E-state index is 0.0241. The molecule has 2 aromatic carbocycles. The molecule has 0 aliphatic carbocycles. The summed E-state index contributed by atoms with van der Waals surface area (Å²) in [5.74, 6) is 0.664. The molecular formula is C18H18BrNO3. The standard InChI is InChI=1S/C18H18BrNO3/c1-13(21)14-4-2-5-16(12-14)20-18(22)6-3-11-23-17-9-7-15(19)8-10-17/h2,4-5,7-10,12H,3,6,11H2,1H3,(H,20,22). The van der Waals surface area contributed by atoms with Gasteiger partial charge in [0.05, 0.1) is 6.61 Å². The second kappa shape index (κ2) is 8.48. The summed E-state index contributed by atoms with van der Waals surface area (Å²) in [4.78, 5) is 23.2. The lowest BCUT2D eigenvalue weighted by Gasteiger charge is -2.08. The van der Waals surface area contributed by atoms with Gasteiger partial charge in [-0.25, -0.2) is 0 Å². The zero-order valence-corrected chi connectivity index (χ0v) is 14.4. The van der Waals surface area contributed by atoms with Crippen LogP contribution in [0.4, 0.5) is 5.69 Å². The largest absolute Gasteiger partial charge is 0.494 e. The molecule has 2 aromatic rings. The van der Waals surface area contributed by atoms with Crippen LogP contribution in [0.15, 0.2) is 53.0 Å². The molecule has 4 nitrogen and oxygen atoms in total. The van der Waals surface area contributed by atoms with E-state index in [1.54, 1.807) is 24.3 Å². The summed E-state index contributed by atoms with van der Waals surface area (Å²) in [5.41, 5.74) is 1.22. The number of rotatable bonds is 7. The number of amides is 1. The van der Waals surface area contributed by atoms with E-state index in [1.807, 2.05) is 24.3 Å². The lowest BCUT2D eigenvalue weighted by molar-refractivity contribution is -0.116. The fourth-order valence-electron chi connectivity index (χ4n) is 1.99. The highest BCUT2D eigenvalue weighted by Crippen LogP contribution is 2.16. The Morgan fingerprint density at radius 2 is 1.87 bits per heavy atom. The van der Waals surface area contributed by atoms with E-state index < -0.39 is 0 Å². The Bertz CT molecular complexity index is 683. The molecule has 0 radical (unpaired) electrons. The third kappa shape index (κ3) is 5.87. The summed E-state index contributed by atoms with van der Waals surface area (Å²) in [6, 6.07) is 14.5. The maximum atomic E-state index is 11.9. The fourth-order valence-corrected chi connectivity index (χ4v) is 2.26. The Morgan fingerprint density at radius 1 is 1.13 bits per heavy atom. The summed E-state index contributed by atoms with van der Waals surface area (Å²) >= 11 is 3.36. The molecule has 0 bridgehead atoms. The van der Waals surface area contributed by atoms with Gasteiger partial charge in [-0.15, -0.1) is 0 Å². The predicted octanol–water partition coefficient (Wildman–Crippen LogP) is 4.45. The molecule has 0 saturated carbocycles. The number of carbonyl (C=O) groups is 2. The van der Waals surface area contributed by atoms with Crippen LogP contribution in [0.2, 0.25) is 0 Å². The number of Topliss-reactive ketones (excluding diaryl/α,β-unsaturated/α-hetero) is 1. The average molecular weight is 376 g/mol. The molecule has 0 aromatic heterocycles. The van der Waals surface area contributed by atoms with Crippen molar-refractivity contribution >= 4 is 33.3 Å². The zero-order valence-electron chi connectivity index (χ0n) is 12.8. The Morgan fingerprint density at radius 3 is 2.57 bits per heavy atom. The van der Waals surface area contributed by atoms with Crippen LogP contribution in [0.3, 0.4) is 0 Å². The minimum atomic E-state index is -0.0925. The molecule has 23 heavy (non-hydrogen) atoms. The van der Waals surface area contributed by atoms with E-state index in [-0.39, 0.29) is 11.7 Å². The minimum Gasteiger partial charge on any atom is -0.494 e. The molecule has 0 aliphatic rings. The van der Waals surface area contributed by atoms with Gasteiger partial charge in [0.15, 0.2) is 5.78 Å². The molecule has 0 fully saturated rings. The van der Waals surface area contributed by atoms with Crippen LogP contribution in [-0.4, -0.2) is 18.3 Å². The van der Waals surface area contributed by atoms with Gasteiger partial charge in [0, 0.05) is 22.1 Å². The number of ketones is 1. The maximum absolute atomic E-state index is 11.9. The number of benzene rings is 2. The Labute approximate surface area is 144 Å². The molecule has 1 N–H and O–H groups in total. The number of ether oxygens (including phenoxy) is 1. The first-order chi connectivity index (χ1) is 11.0. The lowest BCUT2D eigenvalue weighted by atomic mass is 10.1. The quantitative estimate of drug-likeness (QED) is 0.574. The molecule has 0 saturated heterocycles. The fraction of sp³-hybridized carbons (Fsp3) is 0.222. The lowest BCUT2D eigenvalue weighted by Crippen LogP contribution is -2.13. The van der Waals surface area contributed by atoms with Gasteiger partial charge >= 0.3 is 0 Å². The zero-order chi connectivity index (χ0) is 16.7. The van der Waals surface area contributed by atoms with E-state index in [1.165, 1.54) is 6.92 Å². The van der Waals surface area contributed by atoms with Crippen LogP contribution in [0.25, 0.3) is 0 Å². The van der Waals surface area contributed by atoms with E-state index in [2.05, 4.69) is 21.2 Å². The third-order valence-corrected chi connectivity index (χ3v) is 3.71. The first kappa shape index (κ1) is 17.2. The van der Waals surface area contributed by atoms with Crippen LogP contribution in [-0.2, 0) is 4.79 Å². The number of hydrogen-bond donors (Lipinski definition) is 1. The Balaban J connectivity index is 1.74. The van der Waals surface area contributed by atoms with Crippen molar-refractivity contribution in [1.29, 1.82) is 0 Å². The van der Waals surface area contributed by atoms with Gasteiger partial charge in [-0.3, -0.25) is 9.59 Å². The molecule has 120 valence electrons. The smallest absolute Gasteiger partial charge is 0.224 e. The number of nitrogens with one attached hydrogen (secondary N) is 1. The molecule has 0 heterocycles. The first-order valence-electron chi connectivity index (χ1n) is 7.34. The van der Waals surface area contributed by atoms with Crippen molar-refractivity contribution in [3.05, 3.63) is 58.6 Å². The van der Waals surface area contributed by atoms with E-state index >= 15 is 0 Å². The molecule has 0 unspecified atom stereocenters. The number of halogens is 1. The normalized spacial score (nSPS) is 10.2. The molecule has 0 atom stereocenters. The van der Waals surface area contributed by atoms with E-state index in [0.29, 0.717) is 30.7 Å². The van der Waals surface area contributed by atoms with Gasteiger partial charge in [-0.05, 0) is 49.7 Å². The highest BCUT2D eigenvalue weighted by atomic mass is 79.9. The van der Waals surface area contributed by atoms with Crippen molar-refractivity contribution in [2.24, 2.45) is 0 Å². The highest BCUT2D eigenvalue weighted by molar-refractivity contribution is 9.10. The van der Waals surface area contributed by atoms with Crippen LogP contribution in [0, 0.1) is 0 Å². The van der Waals surface area contributed by atoms with Gasteiger partial charge in [0.2, 0.25) is 5.91 Å². The highest BCUT2D eigenvalue weighted by Gasteiger charge is 2.05. The van der Waals surface area contributed by atoms with Crippen LogP contribution < -0.4 is 10.1 Å². The number of carbonyl (C=O) groups excluding carboxylic acids is 2. The molecule has 5 heteroatoms. The average Bonchev–Trinajstić information content (AvgIpc) is 2.53. The van der Waals surface area contributed by atoms with E-state index in [9.17, 15) is 9.59 Å². The first-order valence-corrected chi connectivity index (χ1v) is 8.13. The van der Waals surface area contributed by atoms with E-state index in [0.717, 1.165) is 10.2 Å². The van der Waals surface area contributed by atoms with Gasteiger partial charge in [-0.2, -0.15) is 0 Å². The van der Waals surface area contributed by atoms with E-state index in [4.69, 9.17) is 4.74 Å². The van der Waals surface area contributed by atoms with Crippen molar-refractivity contribution in [3.8, 4) is 5.75 Å². The van der Waals surface area contributed by atoms with Crippen molar-refractivity contribution in [2.45, 2.75) is 19.8 Å². The number of anilines is 1. The van der Waals surface area contributed by atoms with Crippen molar-refractivity contribution < 1.29 is 14.3 Å². The summed E-state index contributed by atoms with van der Waals surface area (Å²) in [6.45, 7) is 1.98. The molecule has 0 spiro atoms. The van der Waals surface area contributed by atoms with Gasteiger partial charge in [0.25, 0.3) is 0 Å². The predicted molar refractivity (Wildman–Crippen MR) is 93.9 cm³/mol. The topological polar surface area (TPSA) is 55.4 Å². The Kier molecular flexibility index (Phi) is 6.35. The summed E-state index contributed by atoms with van der Waals surface area (Å²) in [5, 5.41) is 2.79. The maximum Gasteiger partial charge on any atom is 0.224 e. The van der Waals surface area contributed by atoms with Crippen molar-refractivity contribution in [1.82, 2.24) is 0 Å². The van der Waals surface area contributed by atoms with Crippen LogP contribution in [0.1, 0.15) is 30.1 Å². The second-order valence-electron chi connectivity index (χ2n) is 5.09. The monoisotopic (exact) mass is 375 g/mol.